The van der Waals surface area contributed by atoms with E-state index in [4.69, 9.17) is 9.47 Å². The van der Waals surface area contributed by atoms with E-state index in [1.807, 2.05) is 18.2 Å². The highest BCUT2D eigenvalue weighted by Crippen LogP contribution is 2.35. The summed E-state index contributed by atoms with van der Waals surface area (Å²) >= 11 is 0. The number of anilines is 2. The lowest BCUT2D eigenvalue weighted by atomic mass is 10.0. The number of hydrogen-bond acceptors (Lipinski definition) is 7. The Hall–Kier alpha value is -3.98. The minimum absolute atomic E-state index is 0.0558. The number of hydrogen-bond donors (Lipinski definition) is 1. The van der Waals surface area contributed by atoms with Crippen molar-refractivity contribution in [2.75, 3.05) is 30.1 Å². The van der Waals surface area contributed by atoms with Gasteiger partial charge in [-0.2, -0.15) is 0 Å². The number of nitrogens with zero attached hydrogens (tertiary/aromatic N) is 3. The van der Waals surface area contributed by atoms with Gasteiger partial charge in [0.25, 0.3) is 5.69 Å². The lowest BCUT2D eigenvalue weighted by Gasteiger charge is -2.30. The molecule has 0 atom stereocenters. The molecule has 1 aromatic heterocycles. The maximum atomic E-state index is 12.8. The first-order chi connectivity index (χ1) is 16.6. The average molecular weight is 460 g/mol. The molecule has 0 saturated carbocycles. The van der Waals surface area contributed by atoms with Crippen LogP contribution in [0.3, 0.4) is 0 Å². The average Bonchev–Trinajstić information content (AvgIpc) is 2.87. The van der Waals surface area contributed by atoms with E-state index in [9.17, 15) is 14.9 Å². The highest BCUT2D eigenvalue weighted by molar-refractivity contribution is 6.10. The third-order valence-corrected chi connectivity index (χ3v) is 6.10. The maximum Gasteiger partial charge on any atom is 0.270 e. The van der Waals surface area contributed by atoms with Gasteiger partial charge in [-0.1, -0.05) is 0 Å². The van der Waals surface area contributed by atoms with Gasteiger partial charge in [0, 0.05) is 71.3 Å². The van der Waals surface area contributed by atoms with Gasteiger partial charge in [-0.3, -0.25) is 19.9 Å². The number of nitrogens with one attached hydrogen (secondary N) is 1. The predicted octanol–water partition coefficient (Wildman–Crippen LogP) is 4.65. The number of amides is 1. The second-order valence-electron chi connectivity index (χ2n) is 8.31. The van der Waals surface area contributed by atoms with Crippen LogP contribution in [0.2, 0.25) is 0 Å². The Bertz CT molecular complexity index is 1280. The molecule has 9 nitrogen and oxygen atoms in total. The summed E-state index contributed by atoms with van der Waals surface area (Å²) in [6.45, 7) is 2.31. The van der Waals surface area contributed by atoms with Gasteiger partial charge in [-0.15, -0.1) is 0 Å². The van der Waals surface area contributed by atoms with Crippen LogP contribution in [0.1, 0.15) is 30.4 Å². The van der Waals surface area contributed by atoms with Gasteiger partial charge >= 0.3 is 0 Å². The van der Waals surface area contributed by atoms with Gasteiger partial charge in [0.2, 0.25) is 5.91 Å². The summed E-state index contributed by atoms with van der Waals surface area (Å²) in [7, 11) is 0. The first kappa shape index (κ1) is 21.8. The third-order valence-electron chi connectivity index (χ3n) is 6.10. The zero-order chi connectivity index (χ0) is 23.5. The van der Waals surface area contributed by atoms with Gasteiger partial charge in [0.1, 0.15) is 5.75 Å². The monoisotopic (exact) mass is 460 g/mol. The topological polar surface area (TPSA) is 107 Å². The smallest absolute Gasteiger partial charge is 0.270 e. The van der Waals surface area contributed by atoms with E-state index < -0.39 is 4.92 Å². The SMILES string of the molecule is O=C(/C=C/c1cc([N+](=O)[O-])cc2c1OCOC2)Nc1ccc(N2CCCCC2)c2ccncc12. The van der Waals surface area contributed by atoms with Gasteiger partial charge in [0.15, 0.2) is 6.79 Å². The van der Waals surface area contributed by atoms with Crippen molar-refractivity contribution >= 4 is 39.8 Å². The Morgan fingerprint density at radius 3 is 2.82 bits per heavy atom. The molecule has 0 unspecified atom stereocenters. The summed E-state index contributed by atoms with van der Waals surface area (Å²) in [6, 6.07) is 8.72. The van der Waals surface area contributed by atoms with Crippen LogP contribution in [0.4, 0.5) is 17.1 Å². The van der Waals surface area contributed by atoms with Gasteiger partial charge in [0.05, 0.1) is 17.2 Å². The van der Waals surface area contributed by atoms with Crippen molar-refractivity contribution in [1.29, 1.82) is 0 Å². The molecule has 0 spiro atoms. The molecule has 9 heteroatoms. The standard InChI is InChI=1S/C25H24N4O5/c30-24(7-4-17-12-19(29(31)32)13-18-15-33-16-34-25(17)18)27-22-5-6-23(28-10-2-1-3-11-28)20-8-9-26-14-21(20)22/h4-9,12-14H,1-3,10-11,15-16H2,(H,27,30)/b7-4+. The molecule has 1 saturated heterocycles. The van der Waals surface area contributed by atoms with Crippen LogP contribution in [0.25, 0.3) is 16.8 Å². The molecule has 2 aromatic carbocycles. The van der Waals surface area contributed by atoms with Crippen LogP contribution in [0, 0.1) is 10.1 Å². The Labute approximate surface area is 196 Å². The number of nitro benzene ring substituents is 1. The maximum absolute atomic E-state index is 12.8. The summed E-state index contributed by atoms with van der Waals surface area (Å²) in [5, 5.41) is 16.1. The fourth-order valence-electron chi connectivity index (χ4n) is 4.49. The molecule has 2 aliphatic rings. The predicted molar refractivity (Wildman–Crippen MR) is 129 cm³/mol. The van der Waals surface area contributed by atoms with E-state index in [1.165, 1.54) is 43.5 Å². The van der Waals surface area contributed by atoms with Crippen molar-refractivity contribution < 1.29 is 19.2 Å². The van der Waals surface area contributed by atoms with E-state index in [0.717, 1.165) is 29.5 Å². The van der Waals surface area contributed by atoms with Crippen molar-refractivity contribution in [3.63, 3.8) is 0 Å². The number of benzene rings is 2. The number of rotatable bonds is 5. The summed E-state index contributed by atoms with van der Waals surface area (Å²) in [5.41, 5.74) is 2.75. The number of nitro groups is 1. The molecule has 3 heterocycles. The number of non-ortho nitro benzene ring substituents is 1. The molecule has 1 N–H and O–H groups in total. The molecule has 1 fully saturated rings. The highest BCUT2D eigenvalue weighted by Gasteiger charge is 2.20. The Kier molecular flexibility index (Phi) is 6.09. The Morgan fingerprint density at radius 2 is 2.00 bits per heavy atom. The molecule has 1 amide bonds. The van der Waals surface area contributed by atoms with E-state index in [1.54, 1.807) is 12.4 Å². The molecule has 0 radical (unpaired) electrons. The molecule has 174 valence electrons. The van der Waals surface area contributed by atoms with E-state index in [-0.39, 0.29) is 25.0 Å². The van der Waals surface area contributed by atoms with Crippen LogP contribution < -0.4 is 15.0 Å². The molecule has 0 aliphatic carbocycles. The van der Waals surface area contributed by atoms with E-state index >= 15 is 0 Å². The number of fused-ring (bicyclic) bond motifs is 2. The Balaban J connectivity index is 1.41. The summed E-state index contributed by atoms with van der Waals surface area (Å²) < 4.78 is 10.8. The fourth-order valence-corrected chi connectivity index (χ4v) is 4.49. The van der Waals surface area contributed by atoms with Crippen LogP contribution in [0.5, 0.6) is 5.75 Å². The first-order valence-corrected chi connectivity index (χ1v) is 11.2. The molecule has 2 aliphatic heterocycles. The normalized spacial score (nSPS) is 15.7. The lowest BCUT2D eigenvalue weighted by Crippen LogP contribution is -2.29. The third kappa shape index (κ3) is 4.42. The number of ether oxygens (including phenoxy) is 2. The zero-order valence-electron chi connectivity index (χ0n) is 18.5. The van der Waals surface area contributed by atoms with E-state index in [0.29, 0.717) is 22.6 Å². The minimum Gasteiger partial charge on any atom is -0.467 e. The van der Waals surface area contributed by atoms with Gasteiger partial charge in [-0.05, 0) is 43.5 Å². The lowest BCUT2D eigenvalue weighted by molar-refractivity contribution is -0.385. The van der Waals surface area contributed by atoms with Gasteiger partial charge < -0.3 is 19.7 Å². The molecular formula is C25H24N4O5. The molecule has 0 bridgehead atoms. The summed E-state index contributed by atoms with van der Waals surface area (Å²) in [5.74, 6) is 0.129. The highest BCUT2D eigenvalue weighted by atomic mass is 16.7. The van der Waals surface area contributed by atoms with Crippen molar-refractivity contribution in [1.82, 2.24) is 4.98 Å². The Morgan fingerprint density at radius 1 is 1.15 bits per heavy atom. The summed E-state index contributed by atoms with van der Waals surface area (Å²) in [4.78, 5) is 30.2. The molecule has 5 rings (SSSR count). The molecule has 34 heavy (non-hydrogen) atoms. The molecular weight excluding hydrogens is 436 g/mol. The minimum atomic E-state index is -0.477. The molecule has 3 aromatic rings. The summed E-state index contributed by atoms with van der Waals surface area (Å²) in [6.07, 6.45) is 9.99. The zero-order valence-corrected chi connectivity index (χ0v) is 18.5. The largest absolute Gasteiger partial charge is 0.467 e. The number of piperidine rings is 1. The van der Waals surface area contributed by atoms with Crippen LogP contribution >= 0.6 is 0 Å². The number of carbonyl (C=O) groups is 1. The number of carbonyl (C=O) groups excluding carboxylic acids is 1. The van der Waals surface area contributed by atoms with Crippen molar-refractivity contribution in [3.05, 3.63) is 70.0 Å². The quantitative estimate of drug-likeness (QED) is 0.335. The second-order valence-corrected chi connectivity index (χ2v) is 8.31. The van der Waals surface area contributed by atoms with Crippen molar-refractivity contribution in [2.45, 2.75) is 25.9 Å². The first-order valence-electron chi connectivity index (χ1n) is 11.2. The fraction of sp³-hybridized carbons (Fsp3) is 0.280. The van der Waals surface area contributed by atoms with Crippen LogP contribution in [-0.4, -0.2) is 35.7 Å². The van der Waals surface area contributed by atoms with Crippen LogP contribution in [-0.2, 0) is 16.1 Å². The second kappa shape index (κ2) is 9.48. The number of aromatic nitrogens is 1. The van der Waals surface area contributed by atoms with Crippen molar-refractivity contribution in [3.8, 4) is 5.75 Å². The van der Waals surface area contributed by atoms with Crippen molar-refractivity contribution in [2.24, 2.45) is 0 Å². The number of pyridine rings is 1. The van der Waals surface area contributed by atoms with Gasteiger partial charge in [-0.25, -0.2) is 0 Å². The van der Waals surface area contributed by atoms with E-state index in [2.05, 4.69) is 15.2 Å². The van der Waals surface area contributed by atoms with Crippen LogP contribution in [0.15, 0.2) is 48.8 Å².